The van der Waals surface area contributed by atoms with E-state index in [4.69, 9.17) is 0 Å². The first-order chi connectivity index (χ1) is 14.7. The summed E-state index contributed by atoms with van der Waals surface area (Å²) in [5.41, 5.74) is 4.41. The monoisotopic (exact) mass is 405 g/mol. The van der Waals surface area contributed by atoms with Crippen molar-refractivity contribution in [2.45, 2.75) is 32.2 Å². The third kappa shape index (κ3) is 4.97. The number of urea groups is 1. The molecule has 0 atom stereocenters. The molecule has 1 aromatic carbocycles. The Morgan fingerprint density at radius 3 is 2.67 bits per heavy atom. The van der Waals surface area contributed by atoms with Gasteiger partial charge in [0.25, 0.3) is 0 Å². The predicted octanol–water partition coefficient (Wildman–Crippen LogP) is 2.54. The van der Waals surface area contributed by atoms with Gasteiger partial charge in [0.2, 0.25) is 5.91 Å². The van der Waals surface area contributed by atoms with Crippen molar-refractivity contribution in [2.75, 3.05) is 19.6 Å². The summed E-state index contributed by atoms with van der Waals surface area (Å²) in [6.45, 7) is 2.46. The van der Waals surface area contributed by atoms with Crippen LogP contribution in [0.3, 0.4) is 0 Å². The normalized spacial score (nSPS) is 13.1. The predicted molar refractivity (Wildman–Crippen MR) is 115 cm³/mol. The largest absolute Gasteiger partial charge is 0.338 e. The van der Waals surface area contributed by atoms with Crippen molar-refractivity contribution in [1.29, 1.82) is 0 Å². The lowest BCUT2D eigenvalue weighted by molar-refractivity contribution is -0.132. The number of nitrogens with zero attached hydrogens (tertiary/aromatic N) is 3. The van der Waals surface area contributed by atoms with Crippen molar-refractivity contribution in [1.82, 2.24) is 24.9 Å². The molecule has 0 saturated heterocycles. The van der Waals surface area contributed by atoms with E-state index in [-0.39, 0.29) is 11.9 Å². The second-order valence-corrected chi connectivity index (χ2v) is 7.57. The van der Waals surface area contributed by atoms with Crippen LogP contribution < -0.4 is 10.6 Å². The quantitative estimate of drug-likeness (QED) is 0.593. The lowest BCUT2D eigenvalue weighted by Crippen LogP contribution is -2.38. The number of imidazole rings is 1. The molecule has 0 bridgehead atoms. The molecule has 0 radical (unpaired) electrons. The summed E-state index contributed by atoms with van der Waals surface area (Å²) in [6, 6.07) is 13.9. The van der Waals surface area contributed by atoms with E-state index in [0.29, 0.717) is 38.9 Å². The highest BCUT2D eigenvalue weighted by Crippen LogP contribution is 2.19. The Hall–Kier alpha value is -3.35. The fourth-order valence-electron chi connectivity index (χ4n) is 3.78. The van der Waals surface area contributed by atoms with Crippen molar-refractivity contribution in [3.63, 3.8) is 0 Å². The molecule has 3 heterocycles. The Labute approximate surface area is 176 Å². The Morgan fingerprint density at radius 1 is 1.00 bits per heavy atom. The highest BCUT2D eigenvalue weighted by Gasteiger charge is 2.19. The molecule has 1 aliphatic heterocycles. The third-order valence-corrected chi connectivity index (χ3v) is 5.42. The molecule has 3 aromatic rings. The van der Waals surface area contributed by atoms with Crippen LogP contribution >= 0.6 is 0 Å². The third-order valence-electron chi connectivity index (χ3n) is 5.42. The van der Waals surface area contributed by atoms with E-state index in [9.17, 15) is 9.59 Å². The van der Waals surface area contributed by atoms with Crippen molar-refractivity contribution < 1.29 is 9.59 Å². The number of benzene rings is 1. The number of pyridine rings is 1. The Morgan fingerprint density at radius 2 is 1.80 bits per heavy atom. The van der Waals surface area contributed by atoms with E-state index in [1.165, 1.54) is 11.1 Å². The fraction of sp³-hybridized carbons (Fsp3) is 0.348. The summed E-state index contributed by atoms with van der Waals surface area (Å²) < 4.78 is 1.97. The zero-order valence-electron chi connectivity index (χ0n) is 17.0. The van der Waals surface area contributed by atoms with Crippen LogP contribution in [0, 0.1) is 0 Å². The molecular formula is C23H27N5O2. The molecule has 0 fully saturated rings. The van der Waals surface area contributed by atoms with Gasteiger partial charge in [-0.1, -0.05) is 30.3 Å². The van der Waals surface area contributed by atoms with Gasteiger partial charge >= 0.3 is 6.03 Å². The Kier molecular flexibility index (Phi) is 6.27. The molecule has 0 aliphatic carbocycles. The summed E-state index contributed by atoms with van der Waals surface area (Å²) in [5, 5.41) is 5.67. The highest BCUT2D eigenvalue weighted by atomic mass is 16.2. The van der Waals surface area contributed by atoms with Gasteiger partial charge in [-0.15, -0.1) is 0 Å². The van der Waals surface area contributed by atoms with Gasteiger partial charge in [-0.05, 0) is 36.1 Å². The van der Waals surface area contributed by atoms with E-state index in [2.05, 4.69) is 27.8 Å². The minimum atomic E-state index is -0.210. The first-order valence-electron chi connectivity index (χ1n) is 10.5. The molecule has 7 heteroatoms. The molecule has 1 aliphatic rings. The topological polar surface area (TPSA) is 78.7 Å². The van der Waals surface area contributed by atoms with Crippen molar-refractivity contribution in [3.8, 4) is 0 Å². The minimum Gasteiger partial charge on any atom is -0.338 e. The van der Waals surface area contributed by atoms with E-state index in [1.54, 1.807) is 0 Å². The average Bonchev–Trinajstić information content (AvgIpc) is 3.19. The fourth-order valence-corrected chi connectivity index (χ4v) is 3.78. The van der Waals surface area contributed by atoms with Crippen LogP contribution in [-0.4, -0.2) is 45.9 Å². The number of carbonyl (C=O) groups is 2. The Balaban J connectivity index is 1.11. The summed E-state index contributed by atoms with van der Waals surface area (Å²) in [7, 11) is 0. The zero-order valence-corrected chi connectivity index (χ0v) is 17.0. The van der Waals surface area contributed by atoms with Gasteiger partial charge in [0, 0.05) is 51.4 Å². The summed E-state index contributed by atoms with van der Waals surface area (Å²) in [6.07, 6.45) is 6.59. The minimum absolute atomic E-state index is 0.151. The first-order valence-corrected chi connectivity index (χ1v) is 10.5. The number of fused-ring (bicyclic) bond motifs is 2. The first kappa shape index (κ1) is 19.9. The SMILES string of the molecule is O=C(NCCCC(=O)N1CCc2ccccc2C1)NCCc1cn2ccccc2n1. The maximum absolute atomic E-state index is 12.4. The van der Waals surface area contributed by atoms with Crippen LogP contribution in [0.15, 0.2) is 54.9 Å². The van der Waals surface area contributed by atoms with Gasteiger partial charge < -0.3 is 19.9 Å². The molecule has 0 spiro atoms. The van der Waals surface area contributed by atoms with Gasteiger partial charge in [0.1, 0.15) is 5.65 Å². The van der Waals surface area contributed by atoms with Crippen molar-refractivity contribution >= 4 is 17.6 Å². The lowest BCUT2D eigenvalue weighted by Gasteiger charge is -2.29. The zero-order chi connectivity index (χ0) is 20.8. The van der Waals surface area contributed by atoms with E-state index >= 15 is 0 Å². The smallest absolute Gasteiger partial charge is 0.314 e. The van der Waals surface area contributed by atoms with Gasteiger partial charge in [0.05, 0.1) is 5.69 Å². The van der Waals surface area contributed by atoms with Crippen LogP contribution in [-0.2, 0) is 24.2 Å². The van der Waals surface area contributed by atoms with Crippen molar-refractivity contribution in [2.24, 2.45) is 0 Å². The Bertz CT molecular complexity index is 996. The lowest BCUT2D eigenvalue weighted by atomic mass is 9.99. The number of aromatic nitrogens is 2. The molecule has 156 valence electrons. The number of hydrogen-bond donors (Lipinski definition) is 2. The molecule has 30 heavy (non-hydrogen) atoms. The molecule has 4 rings (SSSR count). The van der Waals surface area contributed by atoms with E-state index < -0.39 is 0 Å². The van der Waals surface area contributed by atoms with Crippen LogP contribution in [0.4, 0.5) is 4.79 Å². The molecule has 2 aromatic heterocycles. The van der Waals surface area contributed by atoms with Gasteiger partial charge in [-0.2, -0.15) is 0 Å². The number of rotatable bonds is 7. The second-order valence-electron chi connectivity index (χ2n) is 7.57. The van der Waals surface area contributed by atoms with Crippen LogP contribution in [0.2, 0.25) is 0 Å². The van der Waals surface area contributed by atoms with Gasteiger partial charge in [-0.25, -0.2) is 9.78 Å². The average molecular weight is 406 g/mol. The second kappa shape index (κ2) is 9.43. The maximum Gasteiger partial charge on any atom is 0.314 e. The molecule has 3 amide bonds. The number of carbonyl (C=O) groups excluding carboxylic acids is 2. The molecule has 7 nitrogen and oxygen atoms in total. The number of nitrogens with one attached hydrogen (secondary N) is 2. The molecular weight excluding hydrogens is 378 g/mol. The summed E-state index contributed by atoms with van der Waals surface area (Å²) in [4.78, 5) is 30.8. The van der Waals surface area contributed by atoms with E-state index in [1.807, 2.05) is 52.0 Å². The molecule has 0 saturated carbocycles. The van der Waals surface area contributed by atoms with Crippen LogP contribution in [0.25, 0.3) is 5.65 Å². The summed E-state index contributed by atoms with van der Waals surface area (Å²) >= 11 is 0. The van der Waals surface area contributed by atoms with Gasteiger partial charge in [0.15, 0.2) is 0 Å². The van der Waals surface area contributed by atoms with Crippen LogP contribution in [0.1, 0.15) is 29.7 Å². The summed E-state index contributed by atoms with van der Waals surface area (Å²) in [5.74, 6) is 0.151. The maximum atomic E-state index is 12.4. The van der Waals surface area contributed by atoms with Crippen LogP contribution in [0.5, 0.6) is 0 Å². The number of hydrogen-bond acceptors (Lipinski definition) is 3. The molecule has 0 unspecified atom stereocenters. The van der Waals surface area contributed by atoms with Gasteiger partial charge in [-0.3, -0.25) is 4.79 Å². The van der Waals surface area contributed by atoms with E-state index in [0.717, 1.165) is 24.3 Å². The standard InChI is InChI=1S/C23H27N5O2/c29-22(28-15-11-18-6-1-2-7-19(18)16-28)9-5-12-24-23(30)25-13-10-20-17-27-14-4-3-8-21(27)26-20/h1-4,6-8,14,17H,5,9-13,15-16H2,(H2,24,25,30). The molecule has 2 N–H and O–H groups in total. The highest BCUT2D eigenvalue weighted by molar-refractivity contribution is 5.77. The van der Waals surface area contributed by atoms with Crippen molar-refractivity contribution in [3.05, 3.63) is 71.7 Å². The number of amides is 3.